The molecule has 1 aromatic heterocycles. The Morgan fingerprint density at radius 2 is 1.38 bits per heavy atom. The largest absolute Gasteiger partial charge is 0.475 e. The number of benzene rings is 2. The van der Waals surface area contributed by atoms with Gasteiger partial charge in [-0.25, -0.2) is 18.7 Å². The first kappa shape index (κ1) is 19.5. The van der Waals surface area contributed by atoms with Gasteiger partial charge in [0.2, 0.25) is 5.88 Å². The highest BCUT2D eigenvalue weighted by atomic mass is 19.1. The third-order valence-corrected chi connectivity index (χ3v) is 5.09. The molecular formula is C23H23F2N3O. The lowest BCUT2D eigenvalue weighted by atomic mass is 10.0. The predicted molar refractivity (Wildman–Crippen MR) is 109 cm³/mol. The van der Waals surface area contributed by atoms with E-state index in [1.807, 2.05) is 0 Å². The summed E-state index contributed by atoms with van der Waals surface area (Å²) in [6, 6.07) is 12.2. The number of likely N-dealkylation sites (tertiary alicyclic amines) is 1. The molecule has 6 heteroatoms. The summed E-state index contributed by atoms with van der Waals surface area (Å²) in [5, 5.41) is 0. The maximum atomic E-state index is 13.4. The summed E-state index contributed by atoms with van der Waals surface area (Å²) in [5.74, 6) is -0.214. The van der Waals surface area contributed by atoms with Crippen molar-refractivity contribution < 1.29 is 13.5 Å². The van der Waals surface area contributed by atoms with Crippen LogP contribution in [0.3, 0.4) is 0 Å². The van der Waals surface area contributed by atoms with Crippen LogP contribution in [-0.2, 0) is 0 Å². The maximum absolute atomic E-state index is 13.4. The Morgan fingerprint density at radius 1 is 0.793 bits per heavy atom. The molecule has 4 nitrogen and oxygen atoms in total. The van der Waals surface area contributed by atoms with Crippen LogP contribution >= 0.6 is 0 Å². The Kier molecular flexibility index (Phi) is 6.10. The van der Waals surface area contributed by atoms with Crippen LogP contribution in [0.15, 0.2) is 54.7 Å². The number of piperidine rings is 1. The zero-order chi connectivity index (χ0) is 20.1. The van der Waals surface area contributed by atoms with E-state index in [2.05, 4.69) is 14.9 Å². The van der Waals surface area contributed by atoms with E-state index in [4.69, 9.17) is 4.74 Å². The van der Waals surface area contributed by atoms with E-state index in [9.17, 15) is 8.78 Å². The maximum Gasteiger partial charge on any atom is 0.232 e. The lowest BCUT2D eigenvalue weighted by Crippen LogP contribution is -2.33. The third-order valence-electron chi connectivity index (χ3n) is 5.09. The second-order valence-corrected chi connectivity index (χ2v) is 7.17. The van der Waals surface area contributed by atoms with Gasteiger partial charge < -0.3 is 4.74 Å². The fraction of sp³-hybridized carbons (Fsp3) is 0.304. The minimum Gasteiger partial charge on any atom is -0.475 e. The summed E-state index contributed by atoms with van der Waals surface area (Å²) in [5.41, 5.74) is 2.63. The van der Waals surface area contributed by atoms with Crippen LogP contribution in [-0.4, -0.2) is 41.1 Å². The van der Waals surface area contributed by atoms with Crippen molar-refractivity contribution in [3.63, 3.8) is 0 Å². The molecule has 3 aromatic rings. The van der Waals surface area contributed by atoms with E-state index in [1.165, 1.54) is 43.5 Å². The number of rotatable bonds is 6. The van der Waals surface area contributed by atoms with Crippen molar-refractivity contribution in [2.45, 2.75) is 19.3 Å². The SMILES string of the molecule is Fc1ccc(-c2ncc(OCCN3CCCCC3)nc2-c2ccc(F)cc2)cc1. The molecule has 0 N–H and O–H groups in total. The monoisotopic (exact) mass is 395 g/mol. The number of aromatic nitrogens is 2. The van der Waals surface area contributed by atoms with E-state index in [-0.39, 0.29) is 11.6 Å². The number of hydrogen-bond donors (Lipinski definition) is 0. The zero-order valence-electron chi connectivity index (χ0n) is 16.2. The standard InChI is InChI=1S/C23H23F2N3O/c24-19-8-4-17(5-9-19)22-23(18-6-10-20(25)11-7-18)27-21(16-26-22)29-15-14-28-12-2-1-3-13-28/h4-11,16H,1-3,12-15H2. The van der Waals surface area contributed by atoms with E-state index in [0.29, 0.717) is 23.9 Å². The summed E-state index contributed by atoms with van der Waals surface area (Å²) < 4.78 is 32.6. The summed E-state index contributed by atoms with van der Waals surface area (Å²) in [4.78, 5) is 11.6. The number of ether oxygens (including phenoxy) is 1. The molecule has 0 saturated carbocycles. The molecule has 0 aliphatic carbocycles. The summed E-state index contributed by atoms with van der Waals surface area (Å²) in [6.45, 7) is 3.61. The Labute approximate surface area is 169 Å². The quantitative estimate of drug-likeness (QED) is 0.592. The van der Waals surface area contributed by atoms with Gasteiger partial charge in [0, 0.05) is 17.7 Å². The van der Waals surface area contributed by atoms with Crippen molar-refractivity contribution in [3.05, 3.63) is 66.4 Å². The zero-order valence-corrected chi connectivity index (χ0v) is 16.2. The Hall–Kier alpha value is -2.86. The van der Waals surface area contributed by atoms with Crippen LogP contribution in [0.5, 0.6) is 5.88 Å². The van der Waals surface area contributed by atoms with Gasteiger partial charge in [-0.15, -0.1) is 0 Å². The van der Waals surface area contributed by atoms with Gasteiger partial charge >= 0.3 is 0 Å². The molecule has 2 aromatic carbocycles. The summed E-state index contributed by atoms with van der Waals surface area (Å²) in [7, 11) is 0. The Balaban J connectivity index is 1.58. The lowest BCUT2D eigenvalue weighted by molar-refractivity contribution is 0.180. The summed E-state index contributed by atoms with van der Waals surface area (Å²) >= 11 is 0. The van der Waals surface area contributed by atoms with Gasteiger partial charge in [0.15, 0.2) is 0 Å². The van der Waals surface area contributed by atoms with Gasteiger partial charge in [-0.2, -0.15) is 0 Å². The Morgan fingerprint density at radius 3 is 2.00 bits per heavy atom. The normalized spacial score (nSPS) is 14.7. The second kappa shape index (κ2) is 9.09. The molecule has 2 heterocycles. The van der Waals surface area contributed by atoms with Crippen molar-refractivity contribution in [1.82, 2.24) is 14.9 Å². The molecule has 0 unspecified atom stereocenters. The van der Waals surface area contributed by atoms with Gasteiger partial charge in [0.1, 0.15) is 23.9 Å². The highest BCUT2D eigenvalue weighted by Gasteiger charge is 2.14. The van der Waals surface area contributed by atoms with Crippen molar-refractivity contribution in [1.29, 1.82) is 0 Å². The average Bonchev–Trinajstić information content (AvgIpc) is 2.76. The van der Waals surface area contributed by atoms with Gasteiger partial charge in [-0.3, -0.25) is 4.90 Å². The lowest BCUT2D eigenvalue weighted by Gasteiger charge is -2.26. The molecule has 0 amide bonds. The summed E-state index contributed by atoms with van der Waals surface area (Å²) in [6.07, 6.45) is 5.36. The first-order valence-electron chi connectivity index (χ1n) is 9.93. The Bertz CT molecular complexity index is 939. The molecule has 0 radical (unpaired) electrons. The van der Waals surface area contributed by atoms with Crippen LogP contribution in [0.25, 0.3) is 22.5 Å². The minimum atomic E-state index is -0.320. The first-order valence-corrected chi connectivity index (χ1v) is 9.93. The molecule has 1 aliphatic rings. The van der Waals surface area contributed by atoms with Crippen molar-refractivity contribution in [2.24, 2.45) is 0 Å². The molecule has 29 heavy (non-hydrogen) atoms. The van der Waals surface area contributed by atoms with Crippen LogP contribution in [0.2, 0.25) is 0 Å². The van der Waals surface area contributed by atoms with Crippen LogP contribution in [0, 0.1) is 11.6 Å². The van der Waals surface area contributed by atoms with Crippen LogP contribution in [0.1, 0.15) is 19.3 Å². The third kappa shape index (κ3) is 4.95. The molecule has 0 bridgehead atoms. The molecule has 0 atom stereocenters. The highest BCUT2D eigenvalue weighted by Crippen LogP contribution is 2.30. The smallest absolute Gasteiger partial charge is 0.232 e. The van der Waals surface area contributed by atoms with Gasteiger partial charge in [0.25, 0.3) is 0 Å². The van der Waals surface area contributed by atoms with Crippen molar-refractivity contribution in [2.75, 3.05) is 26.2 Å². The minimum absolute atomic E-state index is 0.317. The van der Waals surface area contributed by atoms with Gasteiger partial charge in [0.05, 0.1) is 11.9 Å². The van der Waals surface area contributed by atoms with Crippen LogP contribution < -0.4 is 4.74 Å². The molecule has 150 valence electrons. The fourth-order valence-corrected chi connectivity index (χ4v) is 3.53. The van der Waals surface area contributed by atoms with Crippen molar-refractivity contribution >= 4 is 0 Å². The first-order chi connectivity index (χ1) is 14.2. The molecule has 4 rings (SSSR count). The van der Waals surface area contributed by atoms with E-state index in [1.54, 1.807) is 30.5 Å². The number of nitrogens with zero attached hydrogens (tertiary/aromatic N) is 3. The average molecular weight is 395 g/mol. The molecule has 1 saturated heterocycles. The topological polar surface area (TPSA) is 38.2 Å². The highest BCUT2D eigenvalue weighted by molar-refractivity contribution is 5.77. The van der Waals surface area contributed by atoms with E-state index < -0.39 is 0 Å². The molecule has 1 fully saturated rings. The predicted octanol–water partition coefficient (Wildman–Crippen LogP) is 4.95. The van der Waals surface area contributed by atoms with E-state index >= 15 is 0 Å². The molecule has 0 spiro atoms. The molecular weight excluding hydrogens is 372 g/mol. The second-order valence-electron chi connectivity index (χ2n) is 7.17. The van der Waals surface area contributed by atoms with Crippen LogP contribution in [0.4, 0.5) is 8.78 Å². The molecule has 1 aliphatic heterocycles. The van der Waals surface area contributed by atoms with Gasteiger partial charge in [-0.05, 0) is 74.5 Å². The van der Waals surface area contributed by atoms with Crippen molar-refractivity contribution in [3.8, 4) is 28.4 Å². The number of halogens is 2. The van der Waals surface area contributed by atoms with E-state index in [0.717, 1.165) is 30.8 Å². The van der Waals surface area contributed by atoms with Gasteiger partial charge in [-0.1, -0.05) is 6.42 Å². The fourth-order valence-electron chi connectivity index (χ4n) is 3.53. The number of hydrogen-bond acceptors (Lipinski definition) is 4.